The average Bonchev–Trinajstić information content (AvgIpc) is 3.95. The molecule has 0 unspecified atom stereocenters. The fraction of sp³-hybridized carbons (Fsp3) is 0.353. The number of aromatic nitrogens is 9. The number of hydrogen-bond donors (Lipinski definition) is 1. The molecule has 4 aliphatic rings. The van der Waals surface area contributed by atoms with Gasteiger partial charge in [-0.2, -0.15) is 10.2 Å². The molecule has 8 heterocycles. The van der Waals surface area contributed by atoms with Crippen molar-refractivity contribution in [1.29, 1.82) is 0 Å². The molecule has 11 nitrogen and oxygen atoms in total. The minimum atomic E-state index is 0.722. The number of nitrogens with one attached hydrogen (secondary N) is 1. The van der Waals surface area contributed by atoms with Crippen molar-refractivity contribution < 1.29 is 4.74 Å². The highest BCUT2D eigenvalue weighted by Gasteiger charge is 2.13. The lowest BCUT2D eigenvalue weighted by Crippen LogP contribution is -2.14. The first kappa shape index (κ1) is 30.1. The van der Waals surface area contributed by atoms with Gasteiger partial charge < -0.3 is 13.7 Å². The Balaban J connectivity index is 0.0000000992. The summed E-state index contributed by atoms with van der Waals surface area (Å²) in [5, 5.41) is 12.1. The largest absolute Gasteiger partial charge is 0.373 e. The van der Waals surface area contributed by atoms with E-state index in [1.807, 2.05) is 59.8 Å². The summed E-state index contributed by atoms with van der Waals surface area (Å²) in [6.45, 7) is 4.64. The fourth-order valence-electron chi connectivity index (χ4n) is 5.60. The van der Waals surface area contributed by atoms with Crippen LogP contribution in [0.2, 0.25) is 0 Å². The van der Waals surface area contributed by atoms with E-state index >= 15 is 0 Å². The first-order chi connectivity index (χ1) is 22.3. The minimum Gasteiger partial charge on any atom is -0.373 e. The van der Waals surface area contributed by atoms with E-state index in [9.17, 15) is 0 Å². The molecule has 0 spiro atoms. The lowest BCUT2D eigenvalue weighted by molar-refractivity contribution is 0.0850. The highest BCUT2D eigenvalue weighted by Crippen LogP contribution is 2.26. The Bertz CT molecular complexity index is 1610. The van der Waals surface area contributed by atoms with Gasteiger partial charge >= 0.3 is 0 Å². The molecule has 10 rings (SSSR count). The molecule has 1 N–H and O–H groups in total. The summed E-state index contributed by atoms with van der Waals surface area (Å²) < 4.78 is 11.3. The molecule has 5 aromatic heterocycles. The summed E-state index contributed by atoms with van der Waals surface area (Å²) in [7, 11) is 0. The highest BCUT2D eigenvalue weighted by atomic mass is 16.5. The van der Waals surface area contributed by atoms with E-state index in [4.69, 9.17) is 4.74 Å². The number of nitrogens with zero attached hydrogens (tertiary/aromatic N) is 9. The third-order valence-electron chi connectivity index (χ3n) is 8.11. The molecule has 0 bridgehead atoms. The second kappa shape index (κ2) is 15.7. The standard InChI is InChI=1S/C8H11N.C7H10N2.C7H6N2.C6H5N3.C6H8N2O/c1-2-4-8-6-9-5-7(8)3-1;1-2-6-9-7(3-1)4-5-8-9;1-2-4-7-6(3-1)5-8-9-7;1-2-9-5-8-4-6(9)3-7-1;1-2-9-4-6-3-7-5-8(1)6/h5H,1-4,6H2;4-5H,1-3,6H2;1-5H,(H,8,9);1-5H;3,5H,1-2,4H2. The van der Waals surface area contributed by atoms with Crippen LogP contribution in [0.25, 0.3) is 16.4 Å². The first-order valence-corrected chi connectivity index (χ1v) is 15.7. The molecular weight excluding hydrogens is 564 g/mol. The Morgan fingerprint density at radius 2 is 1.67 bits per heavy atom. The first-order valence-electron chi connectivity index (χ1n) is 15.7. The quantitative estimate of drug-likeness (QED) is 0.232. The molecule has 6 aromatic rings. The van der Waals surface area contributed by atoms with E-state index in [0.29, 0.717) is 0 Å². The fourth-order valence-corrected chi connectivity index (χ4v) is 5.60. The topological polar surface area (TPSA) is 116 Å². The number of ether oxygens (including phenoxy) is 1. The lowest BCUT2D eigenvalue weighted by atomic mass is 9.94. The van der Waals surface area contributed by atoms with Crippen molar-refractivity contribution in [3.63, 3.8) is 0 Å². The number of fused-ring (bicyclic) bond motifs is 4. The molecule has 0 saturated carbocycles. The number of para-hydroxylation sites is 1. The normalized spacial score (nSPS) is 16.0. The zero-order valence-corrected chi connectivity index (χ0v) is 25.6. The molecule has 1 aromatic carbocycles. The van der Waals surface area contributed by atoms with Crippen LogP contribution >= 0.6 is 0 Å². The highest BCUT2D eigenvalue weighted by molar-refractivity contribution is 5.82. The summed E-state index contributed by atoms with van der Waals surface area (Å²) in [6.07, 6.45) is 27.6. The Morgan fingerprint density at radius 1 is 0.778 bits per heavy atom. The van der Waals surface area contributed by atoms with Gasteiger partial charge in [-0.3, -0.25) is 19.8 Å². The Morgan fingerprint density at radius 3 is 2.56 bits per heavy atom. The average molecular weight is 605 g/mol. The van der Waals surface area contributed by atoms with Crippen LogP contribution in [0.5, 0.6) is 0 Å². The molecule has 1 aliphatic carbocycles. The molecule has 0 radical (unpaired) electrons. The van der Waals surface area contributed by atoms with Gasteiger partial charge in [0.05, 0.1) is 73.9 Å². The smallest absolute Gasteiger partial charge is 0.0992 e. The monoisotopic (exact) mass is 604 g/mol. The molecular formula is C34H40N10O. The number of hydrogen-bond acceptors (Lipinski definition) is 7. The van der Waals surface area contributed by atoms with Crippen LogP contribution in [-0.4, -0.2) is 63.3 Å². The summed E-state index contributed by atoms with van der Waals surface area (Å²) in [5.41, 5.74) is 7.86. The Labute approximate surface area is 262 Å². The van der Waals surface area contributed by atoms with Gasteiger partial charge in [0.15, 0.2) is 0 Å². The number of aliphatic imine (C=N–C) groups is 1. The number of imidazole rings is 2. The SMILES string of the molecule is C1=NCC2=C1CCCC2.c1cc2n(n1)CCCC2.c1ccc2[nH]ncc2c1.c1cn2cncc2cn1.c1ncn2c1COCC2. The number of aryl methyl sites for hydroxylation is 2. The summed E-state index contributed by atoms with van der Waals surface area (Å²) in [5.74, 6) is 0. The van der Waals surface area contributed by atoms with Gasteiger partial charge in [-0.1, -0.05) is 18.2 Å². The number of rotatable bonds is 0. The van der Waals surface area contributed by atoms with E-state index in [1.54, 1.807) is 36.1 Å². The maximum atomic E-state index is 5.19. The molecule has 11 heteroatoms. The van der Waals surface area contributed by atoms with Crippen molar-refractivity contribution in [1.82, 2.24) is 43.9 Å². The van der Waals surface area contributed by atoms with Gasteiger partial charge in [0.25, 0.3) is 0 Å². The van der Waals surface area contributed by atoms with E-state index in [2.05, 4.69) is 56.8 Å². The van der Waals surface area contributed by atoms with Crippen LogP contribution in [0.4, 0.5) is 0 Å². The Kier molecular flexibility index (Phi) is 10.5. The van der Waals surface area contributed by atoms with Crippen LogP contribution in [-0.2, 0) is 30.9 Å². The lowest BCUT2D eigenvalue weighted by Gasteiger charge is -2.13. The number of aromatic amines is 1. The predicted octanol–water partition coefficient (Wildman–Crippen LogP) is 5.87. The molecule has 3 aliphatic heterocycles. The van der Waals surface area contributed by atoms with Crippen LogP contribution in [0.15, 0.2) is 103 Å². The van der Waals surface area contributed by atoms with Gasteiger partial charge in [-0.05, 0) is 68.2 Å². The third-order valence-corrected chi connectivity index (χ3v) is 8.11. The number of allylic oxidation sites excluding steroid dienone is 1. The molecule has 0 fully saturated rings. The summed E-state index contributed by atoms with van der Waals surface area (Å²) >= 11 is 0. The zero-order valence-electron chi connectivity index (χ0n) is 25.6. The van der Waals surface area contributed by atoms with Crippen LogP contribution in [0, 0.1) is 0 Å². The molecule has 0 amide bonds. The van der Waals surface area contributed by atoms with Gasteiger partial charge in [0.1, 0.15) is 0 Å². The van der Waals surface area contributed by atoms with Crippen molar-refractivity contribution in [2.75, 3.05) is 13.2 Å². The van der Waals surface area contributed by atoms with Crippen molar-refractivity contribution in [2.45, 2.75) is 64.6 Å². The van der Waals surface area contributed by atoms with Gasteiger partial charge in [0, 0.05) is 49.0 Å². The Hall–Kier alpha value is -4.90. The van der Waals surface area contributed by atoms with E-state index < -0.39 is 0 Å². The zero-order chi connectivity index (χ0) is 30.5. The summed E-state index contributed by atoms with van der Waals surface area (Å²) in [6, 6.07) is 10.1. The third kappa shape index (κ3) is 8.39. The van der Waals surface area contributed by atoms with Crippen LogP contribution in [0.3, 0.4) is 0 Å². The van der Waals surface area contributed by atoms with Crippen molar-refractivity contribution >= 4 is 22.6 Å². The molecule has 0 saturated heterocycles. The van der Waals surface area contributed by atoms with E-state index in [-0.39, 0.29) is 0 Å². The summed E-state index contributed by atoms with van der Waals surface area (Å²) in [4.78, 5) is 16.1. The minimum absolute atomic E-state index is 0.722. The maximum Gasteiger partial charge on any atom is 0.0992 e. The van der Waals surface area contributed by atoms with E-state index in [0.717, 1.165) is 49.3 Å². The molecule has 232 valence electrons. The second-order valence-electron chi connectivity index (χ2n) is 11.2. The number of benzene rings is 1. The van der Waals surface area contributed by atoms with Crippen molar-refractivity contribution in [3.05, 3.63) is 109 Å². The van der Waals surface area contributed by atoms with Crippen molar-refractivity contribution in [3.8, 4) is 0 Å². The van der Waals surface area contributed by atoms with E-state index in [1.165, 1.54) is 56.3 Å². The van der Waals surface area contributed by atoms with Gasteiger partial charge in [0.2, 0.25) is 0 Å². The molecule has 45 heavy (non-hydrogen) atoms. The molecule has 0 atom stereocenters. The number of H-pyrrole nitrogens is 1. The van der Waals surface area contributed by atoms with Crippen molar-refractivity contribution in [2.24, 2.45) is 4.99 Å². The van der Waals surface area contributed by atoms with Gasteiger partial charge in [-0.15, -0.1) is 0 Å². The maximum absolute atomic E-state index is 5.19. The van der Waals surface area contributed by atoms with Gasteiger partial charge in [-0.25, -0.2) is 9.97 Å². The van der Waals surface area contributed by atoms with Crippen LogP contribution in [0.1, 0.15) is 49.9 Å². The second-order valence-corrected chi connectivity index (χ2v) is 11.2. The predicted molar refractivity (Wildman–Crippen MR) is 175 cm³/mol. The van der Waals surface area contributed by atoms with Crippen LogP contribution < -0.4 is 0 Å².